The molecule has 0 aromatic heterocycles. The van der Waals surface area contributed by atoms with Crippen molar-refractivity contribution in [1.29, 1.82) is 0 Å². The highest BCUT2D eigenvalue weighted by atomic mass is 127. The second kappa shape index (κ2) is 12.5. The molecule has 0 bridgehead atoms. The average molecular weight is 742 g/mol. The van der Waals surface area contributed by atoms with Gasteiger partial charge in [0.25, 0.3) is 5.91 Å². The molecule has 1 atom stereocenters. The number of halogens is 2. The highest BCUT2D eigenvalue weighted by Gasteiger charge is 2.37. The zero-order chi connectivity index (χ0) is 26.5. The SMILES string of the molecule is C[C@@H](c1ccccc1)N1C(=O)/C(=C\c2cc(I)c(OCc3ccccc3)c(I)c2)SC1=Nc1ccccc1. The zero-order valence-corrected chi connectivity index (χ0v) is 25.7. The summed E-state index contributed by atoms with van der Waals surface area (Å²) in [6.07, 6.45) is 1.95. The first-order valence-corrected chi connectivity index (χ1v) is 15.0. The van der Waals surface area contributed by atoms with Crippen molar-refractivity contribution in [1.82, 2.24) is 4.90 Å². The second-order valence-corrected chi connectivity index (χ2v) is 12.0. The molecule has 4 aromatic carbocycles. The first kappa shape index (κ1) is 27.0. The number of thioether (sulfide) groups is 1. The minimum absolute atomic E-state index is 0.0459. The number of rotatable bonds is 7. The van der Waals surface area contributed by atoms with E-state index in [1.807, 2.05) is 91.9 Å². The molecule has 4 aromatic rings. The van der Waals surface area contributed by atoms with Gasteiger partial charge in [-0.05, 0) is 111 Å². The molecule has 7 heteroatoms. The van der Waals surface area contributed by atoms with Crippen molar-refractivity contribution in [3.63, 3.8) is 0 Å². The molecular formula is C31H24I2N2O2S. The maximum atomic E-state index is 13.7. The first-order chi connectivity index (χ1) is 18.5. The molecule has 1 aliphatic rings. The Morgan fingerprint density at radius 2 is 1.47 bits per heavy atom. The fourth-order valence-corrected chi connectivity index (χ4v) is 7.28. The molecule has 0 saturated carbocycles. The number of hydrogen-bond donors (Lipinski definition) is 0. The number of nitrogens with zero attached hydrogens (tertiary/aromatic N) is 2. The Hall–Kier alpha value is -2.63. The lowest BCUT2D eigenvalue weighted by atomic mass is 10.1. The van der Waals surface area contributed by atoms with Crippen LogP contribution >= 0.6 is 56.9 Å². The van der Waals surface area contributed by atoms with Crippen LogP contribution in [0.2, 0.25) is 0 Å². The van der Waals surface area contributed by atoms with E-state index in [4.69, 9.17) is 9.73 Å². The van der Waals surface area contributed by atoms with E-state index in [9.17, 15) is 4.79 Å². The van der Waals surface area contributed by atoms with E-state index >= 15 is 0 Å². The van der Waals surface area contributed by atoms with Crippen LogP contribution in [0.15, 0.2) is 113 Å². The fraction of sp³-hybridized carbons (Fsp3) is 0.0968. The third-order valence-electron chi connectivity index (χ3n) is 6.03. The van der Waals surface area contributed by atoms with Crippen LogP contribution in [0, 0.1) is 7.14 Å². The highest BCUT2D eigenvalue weighted by Crippen LogP contribution is 2.40. The number of amidine groups is 1. The van der Waals surface area contributed by atoms with E-state index in [1.54, 1.807) is 4.90 Å². The van der Waals surface area contributed by atoms with Gasteiger partial charge >= 0.3 is 0 Å². The number of para-hydroxylation sites is 1. The predicted molar refractivity (Wildman–Crippen MR) is 173 cm³/mol. The van der Waals surface area contributed by atoms with Crippen LogP contribution in [0.3, 0.4) is 0 Å². The zero-order valence-electron chi connectivity index (χ0n) is 20.6. The quantitative estimate of drug-likeness (QED) is 0.141. The summed E-state index contributed by atoms with van der Waals surface area (Å²) in [6.45, 7) is 2.55. The lowest BCUT2D eigenvalue weighted by molar-refractivity contribution is -0.123. The van der Waals surface area contributed by atoms with Crippen molar-refractivity contribution in [2.24, 2.45) is 4.99 Å². The first-order valence-electron chi connectivity index (χ1n) is 12.1. The molecule has 0 N–H and O–H groups in total. The van der Waals surface area contributed by atoms with Crippen LogP contribution in [0.4, 0.5) is 5.69 Å². The van der Waals surface area contributed by atoms with Crippen molar-refractivity contribution in [3.05, 3.63) is 132 Å². The smallest absolute Gasteiger partial charge is 0.267 e. The number of hydrogen-bond acceptors (Lipinski definition) is 4. The van der Waals surface area contributed by atoms with Gasteiger partial charge in [0.15, 0.2) is 5.17 Å². The molecule has 1 heterocycles. The molecule has 5 rings (SSSR count). The Bertz CT molecular complexity index is 1470. The molecule has 0 unspecified atom stereocenters. The summed E-state index contributed by atoms with van der Waals surface area (Å²) in [5.74, 6) is 0.809. The Kier molecular flexibility index (Phi) is 8.86. The van der Waals surface area contributed by atoms with Gasteiger partial charge in [-0.1, -0.05) is 78.9 Å². The number of ether oxygens (including phenoxy) is 1. The molecule has 38 heavy (non-hydrogen) atoms. The van der Waals surface area contributed by atoms with Crippen LogP contribution < -0.4 is 4.74 Å². The van der Waals surface area contributed by atoms with Gasteiger partial charge in [0.2, 0.25) is 0 Å². The van der Waals surface area contributed by atoms with Crippen molar-refractivity contribution >= 4 is 79.8 Å². The molecule has 0 radical (unpaired) electrons. The van der Waals surface area contributed by atoms with Crippen LogP contribution in [0.1, 0.15) is 29.7 Å². The van der Waals surface area contributed by atoms with Gasteiger partial charge < -0.3 is 4.74 Å². The maximum absolute atomic E-state index is 13.7. The largest absolute Gasteiger partial charge is 0.487 e. The molecule has 0 spiro atoms. The van der Waals surface area contributed by atoms with Gasteiger partial charge in [-0.2, -0.15) is 0 Å². The number of benzene rings is 4. The summed E-state index contributed by atoms with van der Waals surface area (Å²) in [7, 11) is 0. The van der Waals surface area contributed by atoms with E-state index in [0.717, 1.165) is 35.3 Å². The lowest BCUT2D eigenvalue weighted by Gasteiger charge is -2.24. The number of amides is 1. The Morgan fingerprint density at radius 3 is 2.11 bits per heavy atom. The molecule has 190 valence electrons. The summed E-state index contributed by atoms with van der Waals surface area (Å²) < 4.78 is 8.15. The van der Waals surface area contributed by atoms with Crippen LogP contribution in [0.5, 0.6) is 5.75 Å². The molecular weight excluding hydrogens is 718 g/mol. The van der Waals surface area contributed by atoms with Gasteiger partial charge in [-0.25, -0.2) is 4.99 Å². The van der Waals surface area contributed by atoms with Gasteiger partial charge in [0, 0.05) is 0 Å². The van der Waals surface area contributed by atoms with Crippen molar-refractivity contribution < 1.29 is 9.53 Å². The maximum Gasteiger partial charge on any atom is 0.267 e. The fourth-order valence-electron chi connectivity index (χ4n) is 4.08. The number of carbonyl (C=O) groups excluding carboxylic acids is 1. The molecule has 1 amide bonds. The van der Waals surface area contributed by atoms with Crippen LogP contribution in [-0.4, -0.2) is 16.0 Å². The van der Waals surface area contributed by atoms with Crippen molar-refractivity contribution in [2.45, 2.75) is 19.6 Å². The van der Waals surface area contributed by atoms with Crippen LogP contribution in [-0.2, 0) is 11.4 Å². The van der Waals surface area contributed by atoms with Crippen molar-refractivity contribution in [2.75, 3.05) is 0 Å². The average Bonchev–Trinajstić information content (AvgIpc) is 3.23. The monoisotopic (exact) mass is 742 g/mol. The summed E-state index contributed by atoms with van der Waals surface area (Å²) >= 11 is 6.02. The summed E-state index contributed by atoms with van der Waals surface area (Å²) in [5, 5.41) is 0.677. The Morgan fingerprint density at radius 1 is 0.895 bits per heavy atom. The lowest BCUT2D eigenvalue weighted by Crippen LogP contribution is -2.32. The van der Waals surface area contributed by atoms with Gasteiger partial charge in [-0.3, -0.25) is 9.69 Å². The van der Waals surface area contributed by atoms with Crippen LogP contribution in [0.25, 0.3) is 6.08 Å². The van der Waals surface area contributed by atoms with E-state index in [0.29, 0.717) is 16.7 Å². The van der Waals surface area contributed by atoms with Gasteiger partial charge in [0.1, 0.15) is 12.4 Å². The molecule has 1 aliphatic heterocycles. The Balaban J connectivity index is 1.45. The number of carbonyl (C=O) groups is 1. The Labute approximate surface area is 254 Å². The molecule has 4 nitrogen and oxygen atoms in total. The normalized spacial score (nSPS) is 16.3. The van der Waals surface area contributed by atoms with Crippen molar-refractivity contribution in [3.8, 4) is 5.75 Å². The topological polar surface area (TPSA) is 41.9 Å². The predicted octanol–water partition coefficient (Wildman–Crippen LogP) is 8.84. The van der Waals surface area contributed by atoms with E-state index < -0.39 is 0 Å². The third-order valence-corrected chi connectivity index (χ3v) is 8.62. The molecule has 1 fully saturated rings. The summed E-state index contributed by atoms with van der Waals surface area (Å²) in [4.78, 5) is 21.0. The van der Waals surface area contributed by atoms with Gasteiger partial charge in [0.05, 0.1) is 23.8 Å². The van der Waals surface area contributed by atoms with E-state index in [1.165, 1.54) is 11.8 Å². The van der Waals surface area contributed by atoms with E-state index in [2.05, 4.69) is 69.4 Å². The highest BCUT2D eigenvalue weighted by molar-refractivity contribution is 14.1. The minimum atomic E-state index is -0.154. The summed E-state index contributed by atoms with van der Waals surface area (Å²) in [5.41, 5.74) is 3.96. The minimum Gasteiger partial charge on any atom is -0.487 e. The molecule has 0 aliphatic carbocycles. The van der Waals surface area contributed by atoms with E-state index in [-0.39, 0.29) is 11.9 Å². The van der Waals surface area contributed by atoms with Gasteiger partial charge in [-0.15, -0.1) is 0 Å². The standard InChI is InChI=1S/C31H24I2N2O2S/c1-21(24-13-7-3-8-14-24)35-30(36)28(38-31(35)34-25-15-9-4-10-16-25)19-23-17-26(32)29(27(33)18-23)37-20-22-11-5-2-6-12-22/h2-19,21H,20H2,1H3/b28-19+,34-31?/t21-/m0/s1. The summed E-state index contributed by atoms with van der Waals surface area (Å²) in [6, 6.07) is 33.9. The molecule has 1 saturated heterocycles. The second-order valence-electron chi connectivity index (χ2n) is 8.69. The third kappa shape index (κ3) is 6.32. The number of aliphatic imine (C=N–C) groups is 1.